The molecule has 2 aliphatic heterocycles. The molecule has 2 aliphatic rings. The normalized spacial score (nSPS) is 24.4. The van der Waals surface area contributed by atoms with Gasteiger partial charge in [0, 0.05) is 32.7 Å². The minimum absolute atomic E-state index is 0.267. The second kappa shape index (κ2) is 5.80. The zero-order chi connectivity index (χ0) is 13.1. The monoisotopic (exact) mass is 261 g/mol. The quantitative estimate of drug-likeness (QED) is 0.892. The molecule has 1 unspecified atom stereocenters. The summed E-state index contributed by atoms with van der Waals surface area (Å²) in [6.45, 7) is 10.0. The van der Waals surface area contributed by atoms with E-state index in [2.05, 4.69) is 28.1 Å². The van der Waals surface area contributed by atoms with Crippen molar-refractivity contribution >= 4 is 5.69 Å². The van der Waals surface area contributed by atoms with Crippen LogP contribution in [0.1, 0.15) is 6.92 Å². The summed E-state index contributed by atoms with van der Waals surface area (Å²) in [5, 5.41) is 3.46. The first-order chi connectivity index (χ1) is 9.35. The number of hydrogen-bond acceptors (Lipinski definition) is 4. The molecule has 1 aromatic carbocycles. The van der Waals surface area contributed by atoms with Crippen molar-refractivity contribution in [3.8, 4) is 5.75 Å². The van der Waals surface area contributed by atoms with Crippen molar-refractivity contribution in [1.82, 2.24) is 9.80 Å². The first-order valence-corrected chi connectivity index (χ1v) is 7.29. The molecule has 3 rings (SSSR count). The first kappa shape index (κ1) is 12.8. The van der Waals surface area contributed by atoms with Gasteiger partial charge in [-0.15, -0.1) is 0 Å². The Bertz CT molecular complexity index is 416. The van der Waals surface area contributed by atoms with Crippen LogP contribution in [-0.4, -0.2) is 61.7 Å². The minimum atomic E-state index is 0.267. The number of piperazine rings is 1. The molecule has 1 N–H and O–H groups in total. The molecule has 4 heteroatoms. The van der Waals surface area contributed by atoms with Gasteiger partial charge >= 0.3 is 0 Å². The lowest BCUT2D eigenvalue weighted by atomic mass is 10.2. The van der Waals surface area contributed by atoms with Crippen LogP contribution in [0.4, 0.5) is 5.69 Å². The Morgan fingerprint density at radius 2 is 1.89 bits per heavy atom. The molecule has 0 aromatic heterocycles. The number of benzene rings is 1. The molecule has 1 aromatic rings. The molecule has 4 nitrogen and oxygen atoms in total. The van der Waals surface area contributed by atoms with Gasteiger partial charge < -0.3 is 15.0 Å². The van der Waals surface area contributed by atoms with E-state index in [0.29, 0.717) is 0 Å². The van der Waals surface area contributed by atoms with Gasteiger partial charge in [-0.05, 0) is 18.7 Å². The molecule has 2 heterocycles. The van der Waals surface area contributed by atoms with Crippen LogP contribution in [0.3, 0.4) is 0 Å². The number of anilines is 1. The highest BCUT2D eigenvalue weighted by atomic mass is 16.5. The van der Waals surface area contributed by atoms with Gasteiger partial charge in [-0.1, -0.05) is 19.1 Å². The average molecular weight is 261 g/mol. The van der Waals surface area contributed by atoms with Gasteiger partial charge in [0.15, 0.2) is 0 Å². The molecule has 1 fully saturated rings. The van der Waals surface area contributed by atoms with Gasteiger partial charge in [0.25, 0.3) is 0 Å². The Morgan fingerprint density at radius 1 is 1.16 bits per heavy atom. The maximum Gasteiger partial charge on any atom is 0.142 e. The zero-order valence-corrected chi connectivity index (χ0v) is 11.6. The number of rotatable bonds is 3. The maximum atomic E-state index is 6.07. The average Bonchev–Trinajstić information content (AvgIpc) is 2.48. The van der Waals surface area contributed by atoms with E-state index < -0.39 is 0 Å². The van der Waals surface area contributed by atoms with E-state index in [1.165, 1.54) is 19.6 Å². The molecule has 0 saturated carbocycles. The second-order valence-electron chi connectivity index (χ2n) is 5.35. The standard InChI is InChI=1S/C15H23N3O/c1-2-17-7-9-18(10-8-17)12-13-11-16-14-5-3-4-6-15(14)19-13/h3-6,13,16H,2,7-12H2,1H3. The lowest BCUT2D eigenvalue weighted by Gasteiger charge is -2.37. The van der Waals surface area contributed by atoms with Crippen LogP contribution in [0, 0.1) is 0 Å². The maximum absolute atomic E-state index is 6.07. The van der Waals surface area contributed by atoms with E-state index in [4.69, 9.17) is 4.74 Å². The smallest absolute Gasteiger partial charge is 0.142 e. The van der Waals surface area contributed by atoms with Crippen LogP contribution in [0.5, 0.6) is 5.75 Å². The number of ether oxygens (including phenoxy) is 1. The summed E-state index contributed by atoms with van der Waals surface area (Å²) in [6, 6.07) is 8.19. The summed E-state index contributed by atoms with van der Waals surface area (Å²) in [5.41, 5.74) is 1.12. The number of hydrogen-bond donors (Lipinski definition) is 1. The lowest BCUT2D eigenvalue weighted by molar-refractivity contribution is 0.0884. The lowest BCUT2D eigenvalue weighted by Crippen LogP contribution is -2.50. The molecular weight excluding hydrogens is 238 g/mol. The van der Waals surface area contributed by atoms with E-state index in [-0.39, 0.29) is 6.10 Å². The molecule has 0 radical (unpaired) electrons. The van der Waals surface area contributed by atoms with Gasteiger partial charge in [-0.2, -0.15) is 0 Å². The highest BCUT2D eigenvalue weighted by Crippen LogP contribution is 2.28. The molecule has 104 valence electrons. The van der Waals surface area contributed by atoms with Crippen molar-refractivity contribution in [3.63, 3.8) is 0 Å². The van der Waals surface area contributed by atoms with Crippen LogP contribution in [0.2, 0.25) is 0 Å². The molecule has 0 spiro atoms. The Labute approximate surface area is 115 Å². The molecule has 1 atom stereocenters. The summed E-state index contributed by atoms with van der Waals surface area (Å²) in [4.78, 5) is 5.03. The fraction of sp³-hybridized carbons (Fsp3) is 0.600. The summed E-state index contributed by atoms with van der Waals surface area (Å²) < 4.78 is 6.07. The molecule has 0 aliphatic carbocycles. The summed E-state index contributed by atoms with van der Waals surface area (Å²) in [6.07, 6.45) is 0.267. The Morgan fingerprint density at radius 3 is 2.68 bits per heavy atom. The van der Waals surface area contributed by atoms with Crippen molar-refractivity contribution in [2.45, 2.75) is 13.0 Å². The molecule has 0 amide bonds. The molecule has 19 heavy (non-hydrogen) atoms. The predicted octanol–water partition coefficient (Wildman–Crippen LogP) is 1.50. The second-order valence-corrected chi connectivity index (χ2v) is 5.35. The number of fused-ring (bicyclic) bond motifs is 1. The van der Waals surface area contributed by atoms with Crippen LogP contribution in [-0.2, 0) is 0 Å². The number of nitrogens with zero attached hydrogens (tertiary/aromatic N) is 2. The number of likely N-dealkylation sites (N-methyl/N-ethyl adjacent to an activating group) is 1. The Hall–Kier alpha value is -1.26. The van der Waals surface area contributed by atoms with Crippen molar-refractivity contribution < 1.29 is 4.74 Å². The summed E-state index contributed by atoms with van der Waals surface area (Å²) in [7, 11) is 0. The molecule has 0 bridgehead atoms. The number of nitrogens with one attached hydrogen (secondary N) is 1. The van der Waals surface area contributed by atoms with Crippen molar-refractivity contribution in [2.75, 3.05) is 51.1 Å². The van der Waals surface area contributed by atoms with E-state index >= 15 is 0 Å². The van der Waals surface area contributed by atoms with Crippen molar-refractivity contribution in [3.05, 3.63) is 24.3 Å². The highest BCUT2D eigenvalue weighted by molar-refractivity contribution is 5.57. The Kier molecular flexibility index (Phi) is 3.89. The topological polar surface area (TPSA) is 27.7 Å². The van der Waals surface area contributed by atoms with Gasteiger partial charge in [-0.3, -0.25) is 4.90 Å². The fourth-order valence-electron chi connectivity index (χ4n) is 2.84. The van der Waals surface area contributed by atoms with Gasteiger partial charge in [0.05, 0.1) is 12.2 Å². The Balaban J connectivity index is 1.52. The first-order valence-electron chi connectivity index (χ1n) is 7.29. The van der Waals surface area contributed by atoms with Crippen LogP contribution < -0.4 is 10.1 Å². The zero-order valence-electron chi connectivity index (χ0n) is 11.6. The SMILES string of the molecule is CCN1CCN(CC2CNc3ccccc3O2)CC1. The molecular formula is C15H23N3O. The number of para-hydroxylation sites is 2. The summed E-state index contributed by atoms with van der Waals surface area (Å²) in [5.74, 6) is 0.992. The van der Waals surface area contributed by atoms with Crippen molar-refractivity contribution in [2.24, 2.45) is 0 Å². The van der Waals surface area contributed by atoms with Crippen LogP contribution in [0.25, 0.3) is 0 Å². The van der Waals surface area contributed by atoms with Gasteiger partial charge in [0.1, 0.15) is 11.9 Å². The van der Waals surface area contributed by atoms with Crippen LogP contribution in [0.15, 0.2) is 24.3 Å². The van der Waals surface area contributed by atoms with Gasteiger partial charge in [0.2, 0.25) is 0 Å². The van der Waals surface area contributed by atoms with E-state index in [0.717, 1.165) is 37.6 Å². The fourth-order valence-corrected chi connectivity index (χ4v) is 2.84. The third-order valence-electron chi connectivity index (χ3n) is 4.07. The van der Waals surface area contributed by atoms with Gasteiger partial charge in [-0.25, -0.2) is 0 Å². The summed E-state index contributed by atoms with van der Waals surface area (Å²) >= 11 is 0. The van der Waals surface area contributed by atoms with E-state index in [1.54, 1.807) is 0 Å². The largest absolute Gasteiger partial charge is 0.485 e. The molecule has 1 saturated heterocycles. The third-order valence-corrected chi connectivity index (χ3v) is 4.07. The van der Waals surface area contributed by atoms with Crippen molar-refractivity contribution in [1.29, 1.82) is 0 Å². The van der Waals surface area contributed by atoms with E-state index in [1.807, 2.05) is 18.2 Å². The predicted molar refractivity (Wildman–Crippen MR) is 77.9 cm³/mol. The van der Waals surface area contributed by atoms with E-state index in [9.17, 15) is 0 Å². The minimum Gasteiger partial charge on any atom is -0.485 e. The van der Waals surface area contributed by atoms with Crippen LogP contribution >= 0.6 is 0 Å². The third kappa shape index (κ3) is 3.01. The highest BCUT2D eigenvalue weighted by Gasteiger charge is 2.23.